The molecule has 0 rings (SSSR count). The van der Waals surface area contributed by atoms with E-state index < -0.39 is 17.9 Å². The predicted molar refractivity (Wildman–Crippen MR) is 148 cm³/mol. The Morgan fingerprint density at radius 1 is 0.472 bits per heavy atom. The monoisotopic (exact) mass is 510 g/mol. The minimum atomic E-state index is -0.740. The number of carbonyl (C=O) groups is 3. The Morgan fingerprint density at radius 2 is 0.722 bits per heavy atom. The molecule has 0 fully saturated rings. The fourth-order valence-corrected chi connectivity index (χ4v) is 3.93. The van der Waals surface area contributed by atoms with Crippen LogP contribution in [0.15, 0.2) is 0 Å². The zero-order valence-electron chi connectivity index (χ0n) is 22.4. The third-order valence-corrected chi connectivity index (χ3v) is 6.10. The van der Waals surface area contributed by atoms with Crippen LogP contribution in [0, 0.1) is 0 Å². The van der Waals surface area contributed by atoms with Crippen molar-refractivity contribution in [2.45, 2.75) is 161 Å². The van der Waals surface area contributed by atoms with E-state index in [9.17, 15) is 19.5 Å². The summed E-state index contributed by atoms with van der Waals surface area (Å²) >= 11 is 0. The van der Waals surface area contributed by atoms with Crippen molar-refractivity contribution in [3.05, 3.63) is 0 Å². The summed E-state index contributed by atoms with van der Waals surface area (Å²) in [4.78, 5) is 30.6. The van der Waals surface area contributed by atoms with Crippen LogP contribution in [0.4, 0.5) is 0 Å². The van der Waals surface area contributed by atoms with Gasteiger partial charge in [0.25, 0.3) is 0 Å². The maximum absolute atomic E-state index is 10.3. The molecule has 0 amide bonds. The second-order valence-corrected chi connectivity index (χ2v) is 9.67. The molecule has 1 atom stereocenters. The van der Waals surface area contributed by atoms with E-state index in [1.54, 1.807) is 0 Å². The first-order chi connectivity index (χ1) is 16.8. The quantitative estimate of drug-likeness (QED) is 0.0773. The summed E-state index contributed by atoms with van der Waals surface area (Å²) in [6.45, 7) is 2.21. The molecular formula is C28H55LiO7. The van der Waals surface area contributed by atoms with Crippen LogP contribution in [0.25, 0.3) is 0 Å². The fraction of sp³-hybridized carbons (Fsp3) is 0.893. The Bertz CT molecular complexity index is 480. The van der Waals surface area contributed by atoms with Gasteiger partial charge >= 0.3 is 36.8 Å². The van der Waals surface area contributed by atoms with Crippen molar-refractivity contribution in [1.82, 2.24) is 0 Å². The summed E-state index contributed by atoms with van der Waals surface area (Å²) in [6, 6.07) is 0. The van der Waals surface area contributed by atoms with Gasteiger partial charge in [-0.25, -0.2) is 0 Å². The van der Waals surface area contributed by atoms with Crippen LogP contribution in [0.2, 0.25) is 0 Å². The number of aliphatic hydroxyl groups is 1. The minimum absolute atomic E-state index is 0. The molecule has 0 saturated heterocycles. The first kappa shape index (κ1) is 39.5. The Morgan fingerprint density at radius 3 is 1.00 bits per heavy atom. The van der Waals surface area contributed by atoms with Gasteiger partial charge in [-0.05, 0) is 32.1 Å². The number of aliphatic carboxylic acids is 3. The number of aliphatic hydroxyl groups excluding tert-OH is 1. The van der Waals surface area contributed by atoms with E-state index in [1.165, 1.54) is 51.4 Å². The molecule has 36 heavy (non-hydrogen) atoms. The topological polar surface area (TPSA) is 132 Å². The molecule has 210 valence electrons. The van der Waals surface area contributed by atoms with E-state index in [-0.39, 0.29) is 37.8 Å². The van der Waals surface area contributed by atoms with E-state index in [1.807, 2.05) is 0 Å². The fourth-order valence-electron chi connectivity index (χ4n) is 3.93. The second kappa shape index (κ2) is 32.0. The molecule has 7 nitrogen and oxygen atoms in total. The Hall–Kier alpha value is -1.03. The van der Waals surface area contributed by atoms with Crippen molar-refractivity contribution in [1.29, 1.82) is 0 Å². The van der Waals surface area contributed by atoms with Gasteiger partial charge in [0.05, 0.1) is 6.10 Å². The number of rotatable bonds is 25. The number of unbranched alkanes of at least 4 members (excludes halogenated alkanes) is 15. The Balaban J connectivity index is -0.000000635. The molecule has 1 unspecified atom stereocenters. The van der Waals surface area contributed by atoms with Gasteiger partial charge in [0.2, 0.25) is 0 Å². The average Bonchev–Trinajstić information content (AvgIpc) is 2.79. The molecule has 4 N–H and O–H groups in total. The van der Waals surface area contributed by atoms with Crippen molar-refractivity contribution >= 4 is 36.8 Å². The van der Waals surface area contributed by atoms with Crippen molar-refractivity contribution in [2.24, 2.45) is 0 Å². The van der Waals surface area contributed by atoms with Crippen molar-refractivity contribution in [3.63, 3.8) is 0 Å². The maximum atomic E-state index is 10.3. The van der Waals surface area contributed by atoms with Gasteiger partial charge in [0.15, 0.2) is 0 Å². The summed E-state index contributed by atoms with van der Waals surface area (Å²) in [5, 5.41) is 35.1. The molecule has 0 saturated carbocycles. The van der Waals surface area contributed by atoms with Gasteiger partial charge in [0, 0.05) is 19.3 Å². The van der Waals surface area contributed by atoms with Crippen molar-refractivity contribution in [2.75, 3.05) is 0 Å². The van der Waals surface area contributed by atoms with E-state index in [4.69, 9.17) is 15.3 Å². The number of carboxylic acid groups (broad SMARTS) is 3. The van der Waals surface area contributed by atoms with Crippen LogP contribution < -0.4 is 0 Å². The zero-order valence-corrected chi connectivity index (χ0v) is 22.4. The van der Waals surface area contributed by atoms with Crippen LogP contribution in [0.3, 0.4) is 0 Å². The van der Waals surface area contributed by atoms with Gasteiger partial charge in [-0.3, -0.25) is 14.4 Å². The van der Waals surface area contributed by atoms with Gasteiger partial charge in [-0.1, -0.05) is 103 Å². The summed E-state index contributed by atoms with van der Waals surface area (Å²) < 4.78 is 0. The van der Waals surface area contributed by atoms with E-state index >= 15 is 0 Å². The molecule has 0 spiro atoms. The average molecular weight is 511 g/mol. The molecule has 0 bridgehead atoms. The van der Waals surface area contributed by atoms with E-state index in [0.29, 0.717) is 6.42 Å². The van der Waals surface area contributed by atoms with Gasteiger partial charge in [-0.15, -0.1) is 0 Å². The SMILES string of the molecule is CCCCCCC(O)CCCCCCCCCCC(=O)O.O=C(O)CCCCCCCCC(=O)O.[LiH]. The third kappa shape index (κ3) is 40.1. The summed E-state index contributed by atoms with van der Waals surface area (Å²) in [7, 11) is 0. The Labute approximate surface area is 232 Å². The summed E-state index contributed by atoms with van der Waals surface area (Å²) in [6.07, 6.45) is 22.1. The molecule has 0 aliphatic heterocycles. The van der Waals surface area contributed by atoms with E-state index in [0.717, 1.165) is 77.0 Å². The van der Waals surface area contributed by atoms with Gasteiger partial charge in [-0.2, -0.15) is 0 Å². The van der Waals surface area contributed by atoms with Crippen LogP contribution in [0.5, 0.6) is 0 Å². The van der Waals surface area contributed by atoms with Gasteiger partial charge in [0.1, 0.15) is 0 Å². The molecule has 0 aromatic heterocycles. The first-order valence-electron chi connectivity index (χ1n) is 14.1. The molecule has 0 aromatic rings. The molecular weight excluding hydrogens is 455 g/mol. The normalized spacial score (nSPS) is 11.2. The van der Waals surface area contributed by atoms with Crippen LogP contribution in [0.1, 0.15) is 155 Å². The Kier molecular flexibility index (Phi) is 35.1. The third-order valence-electron chi connectivity index (χ3n) is 6.10. The van der Waals surface area contributed by atoms with E-state index in [2.05, 4.69) is 6.92 Å². The molecule has 0 aromatic carbocycles. The summed E-state index contributed by atoms with van der Waals surface area (Å²) in [5.41, 5.74) is 0. The van der Waals surface area contributed by atoms with Crippen LogP contribution >= 0.6 is 0 Å². The molecule has 0 aliphatic rings. The van der Waals surface area contributed by atoms with Crippen molar-refractivity contribution < 1.29 is 34.8 Å². The zero-order chi connectivity index (χ0) is 26.6. The predicted octanol–water partition coefficient (Wildman–Crippen LogP) is 6.93. The van der Waals surface area contributed by atoms with Gasteiger partial charge < -0.3 is 20.4 Å². The van der Waals surface area contributed by atoms with Crippen LogP contribution in [-0.4, -0.2) is 63.3 Å². The van der Waals surface area contributed by atoms with Crippen LogP contribution in [-0.2, 0) is 14.4 Å². The number of carboxylic acids is 3. The van der Waals surface area contributed by atoms with Crippen molar-refractivity contribution in [3.8, 4) is 0 Å². The molecule has 0 aliphatic carbocycles. The molecule has 0 radical (unpaired) electrons. The number of hydrogen-bond donors (Lipinski definition) is 4. The second-order valence-electron chi connectivity index (χ2n) is 9.67. The molecule has 0 heterocycles. The first-order valence-corrected chi connectivity index (χ1v) is 14.1. The number of hydrogen-bond acceptors (Lipinski definition) is 4. The summed E-state index contributed by atoms with van der Waals surface area (Å²) in [5.74, 6) is -2.16. The molecule has 8 heteroatoms. The standard InChI is InChI=1S/C18H36O3.C10H18O4.Li.H/c1-2-3-4-11-14-17(19)15-12-9-7-5-6-8-10-13-16-18(20)21;11-9(12)7-5-3-1-2-4-6-8-10(13)14;;/h17,19H,2-16H2,1H3,(H,20,21);1-8H2,(H,11,12)(H,13,14);;.